The van der Waals surface area contributed by atoms with Gasteiger partial charge in [-0.3, -0.25) is 0 Å². The lowest BCUT2D eigenvalue weighted by Gasteiger charge is -2.11. The molecule has 0 spiro atoms. The average molecular weight is 542 g/mol. The van der Waals surface area contributed by atoms with Crippen LogP contribution in [0.3, 0.4) is 0 Å². The van der Waals surface area contributed by atoms with E-state index >= 15 is 0 Å². The molecule has 0 saturated heterocycles. The number of benzene rings is 1. The van der Waals surface area contributed by atoms with Crippen LogP contribution in [0.15, 0.2) is 34.6 Å². The molecule has 5 nitrogen and oxygen atoms in total. The first-order valence-corrected chi connectivity index (χ1v) is 9.89. The van der Waals surface area contributed by atoms with Gasteiger partial charge in [0.1, 0.15) is 10.8 Å². The van der Waals surface area contributed by atoms with Gasteiger partial charge < -0.3 is 15.4 Å². The molecule has 0 amide bonds. The fraction of sp³-hybridized carbons (Fsp3) is 0.474. The fourth-order valence-electron chi connectivity index (χ4n) is 2.20. The first-order valence-electron chi connectivity index (χ1n) is 9.01. The molecule has 1 aromatic carbocycles. The number of rotatable bonds is 8. The first-order chi connectivity index (χ1) is 13.3. The van der Waals surface area contributed by atoms with Crippen molar-refractivity contribution >= 4 is 41.3 Å². The molecular formula is C19H26F3IN4OS. The maximum atomic E-state index is 12.2. The van der Waals surface area contributed by atoms with E-state index in [4.69, 9.17) is 4.74 Å². The molecule has 0 aliphatic carbocycles. The zero-order valence-electron chi connectivity index (χ0n) is 16.5. The highest BCUT2D eigenvalue weighted by atomic mass is 127. The molecule has 162 valence electrons. The summed E-state index contributed by atoms with van der Waals surface area (Å²) in [7, 11) is 0. The zero-order chi connectivity index (χ0) is 20.6. The summed E-state index contributed by atoms with van der Waals surface area (Å²) in [5.41, 5.74) is 1.95. The number of guanidine groups is 1. The number of hydrogen-bond acceptors (Lipinski definition) is 4. The smallest absolute Gasteiger partial charge is 0.422 e. The Hall–Kier alpha value is -1.56. The second-order valence-corrected chi connectivity index (χ2v) is 7.36. The fourth-order valence-corrected chi connectivity index (χ4v) is 3.09. The highest BCUT2D eigenvalue weighted by Gasteiger charge is 2.28. The molecule has 0 atom stereocenters. The Morgan fingerprint density at radius 3 is 2.45 bits per heavy atom. The maximum absolute atomic E-state index is 12.2. The van der Waals surface area contributed by atoms with E-state index in [1.165, 1.54) is 12.1 Å². The minimum absolute atomic E-state index is 0. The van der Waals surface area contributed by atoms with E-state index in [-0.39, 0.29) is 29.7 Å². The van der Waals surface area contributed by atoms with Crippen LogP contribution >= 0.6 is 35.3 Å². The largest absolute Gasteiger partial charge is 0.484 e. The molecule has 0 aliphatic rings. The molecule has 2 N–H and O–H groups in total. The van der Waals surface area contributed by atoms with Crippen molar-refractivity contribution in [1.29, 1.82) is 0 Å². The number of nitrogens with zero attached hydrogens (tertiary/aromatic N) is 2. The number of nitrogens with one attached hydrogen (secondary N) is 2. The second kappa shape index (κ2) is 12.2. The third kappa shape index (κ3) is 9.66. The number of halogens is 4. The Morgan fingerprint density at radius 1 is 1.21 bits per heavy atom. The quantitative estimate of drug-likeness (QED) is 0.278. The molecule has 0 radical (unpaired) electrons. The van der Waals surface area contributed by atoms with Crippen LogP contribution in [0.25, 0.3) is 0 Å². The summed E-state index contributed by atoms with van der Waals surface area (Å²) in [6.45, 7) is 6.58. The van der Waals surface area contributed by atoms with Gasteiger partial charge in [0.05, 0.1) is 18.8 Å². The Balaban J connectivity index is 0.00000420. The number of alkyl halides is 3. The molecule has 2 rings (SSSR count). The number of aliphatic imine (C=N–C) groups is 1. The standard InChI is InChI=1S/C19H25F3N4OS.HI/c1-4-23-18(25-10-17-26-16(11-28-17)13(2)3)24-9-14-5-7-15(8-6-14)27-12-19(20,21)22;/h5-8,11,13H,4,9-10,12H2,1-3H3,(H2,23,24,25);1H. The lowest BCUT2D eigenvalue weighted by molar-refractivity contribution is -0.153. The molecule has 10 heteroatoms. The lowest BCUT2D eigenvalue weighted by atomic mass is 10.2. The lowest BCUT2D eigenvalue weighted by Crippen LogP contribution is -2.36. The van der Waals surface area contributed by atoms with Gasteiger partial charge in [0.25, 0.3) is 0 Å². The molecule has 29 heavy (non-hydrogen) atoms. The Kier molecular flexibility index (Phi) is 10.7. The van der Waals surface area contributed by atoms with Gasteiger partial charge in [-0.25, -0.2) is 9.98 Å². The van der Waals surface area contributed by atoms with Gasteiger partial charge >= 0.3 is 6.18 Å². The molecule has 0 fully saturated rings. The summed E-state index contributed by atoms with van der Waals surface area (Å²) in [4.78, 5) is 9.09. The van der Waals surface area contributed by atoms with Crippen molar-refractivity contribution in [3.8, 4) is 5.75 Å². The molecule has 1 heterocycles. The van der Waals surface area contributed by atoms with Crippen LogP contribution in [-0.2, 0) is 13.1 Å². The van der Waals surface area contributed by atoms with Crippen LogP contribution in [0.5, 0.6) is 5.75 Å². The normalized spacial score (nSPS) is 11.9. The van der Waals surface area contributed by atoms with Gasteiger partial charge in [-0.2, -0.15) is 13.2 Å². The highest BCUT2D eigenvalue weighted by Crippen LogP contribution is 2.19. The van der Waals surface area contributed by atoms with Gasteiger partial charge in [-0.15, -0.1) is 35.3 Å². The maximum Gasteiger partial charge on any atom is 0.422 e. The minimum Gasteiger partial charge on any atom is -0.484 e. The van der Waals surface area contributed by atoms with Crippen LogP contribution in [0.2, 0.25) is 0 Å². The SMILES string of the molecule is CCNC(=NCc1ccc(OCC(F)(F)F)cc1)NCc1nc(C(C)C)cs1.I. The van der Waals surface area contributed by atoms with E-state index in [1.54, 1.807) is 23.5 Å². The van der Waals surface area contributed by atoms with Crippen LogP contribution in [-0.4, -0.2) is 30.3 Å². The van der Waals surface area contributed by atoms with Crippen molar-refractivity contribution in [2.45, 2.75) is 46.0 Å². The van der Waals surface area contributed by atoms with Gasteiger partial charge in [0.15, 0.2) is 12.6 Å². The molecule has 0 saturated carbocycles. The first kappa shape index (κ1) is 25.5. The summed E-state index contributed by atoms with van der Waals surface area (Å²) < 4.78 is 41.2. The average Bonchev–Trinajstić information content (AvgIpc) is 3.12. The number of aromatic nitrogens is 1. The van der Waals surface area contributed by atoms with Crippen molar-refractivity contribution in [2.24, 2.45) is 4.99 Å². The molecule has 2 aromatic rings. The van der Waals surface area contributed by atoms with E-state index < -0.39 is 12.8 Å². The molecule has 0 unspecified atom stereocenters. The Morgan fingerprint density at radius 2 is 1.90 bits per heavy atom. The molecule has 0 aliphatic heterocycles. The highest BCUT2D eigenvalue weighted by molar-refractivity contribution is 14.0. The second-order valence-electron chi connectivity index (χ2n) is 6.42. The van der Waals surface area contributed by atoms with Gasteiger partial charge in [0, 0.05) is 11.9 Å². The van der Waals surface area contributed by atoms with E-state index in [1.807, 2.05) is 6.92 Å². The predicted molar refractivity (Wildman–Crippen MR) is 121 cm³/mol. The summed E-state index contributed by atoms with van der Waals surface area (Å²) >= 11 is 1.61. The van der Waals surface area contributed by atoms with Crippen LogP contribution < -0.4 is 15.4 Å². The molecule has 0 bridgehead atoms. The van der Waals surface area contributed by atoms with Crippen molar-refractivity contribution in [3.63, 3.8) is 0 Å². The number of thiazole rings is 1. The topological polar surface area (TPSA) is 58.5 Å². The Labute approximate surface area is 190 Å². The third-order valence-electron chi connectivity index (χ3n) is 3.66. The minimum atomic E-state index is -4.34. The van der Waals surface area contributed by atoms with E-state index in [2.05, 4.69) is 39.8 Å². The number of hydrogen-bond donors (Lipinski definition) is 2. The van der Waals surface area contributed by atoms with E-state index in [0.29, 0.717) is 31.5 Å². The van der Waals surface area contributed by atoms with Crippen LogP contribution in [0.1, 0.15) is 43.0 Å². The van der Waals surface area contributed by atoms with Crippen molar-refractivity contribution in [2.75, 3.05) is 13.2 Å². The van der Waals surface area contributed by atoms with Crippen LogP contribution in [0.4, 0.5) is 13.2 Å². The van der Waals surface area contributed by atoms with Crippen molar-refractivity contribution < 1.29 is 17.9 Å². The van der Waals surface area contributed by atoms with Gasteiger partial charge in [-0.05, 0) is 30.5 Å². The summed E-state index contributed by atoms with van der Waals surface area (Å²) in [5.74, 6) is 1.23. The van der Waals surface area contributed by atoms with Gasteiger partial charge in [0.2, 0.25) is 0 Å². The summed E-state index contributed by atoms with van der Waals surface area (Å²) in [6, 6.07) is 6.43. The zero-order valence-corrected chi connectivity index (χ0v) is 19.7. The summed E-state index contributed by atoms with van der Waals surface area (Å²) in [6.07, 6.45) is -4.34. The van der Waals surface area contributed by atoms with Crippen molar-refractivity contribution in [3.05, 3.63) is 45.9 Å². The summed E-state index contributed by atoms with van der Waals surface area (Å²) in [5, 5.41) is 9.46. The monoisotopic (exact) mass is 542 g/mol. The van der Waals surface area contributed by atoms with E-state index in [0.717, 1.165) is 16.3 Å². The molecular weight excluding hydrogens is 516 g/mol. The number of ether oxygens (including phenoxy) is 1. The van der Waals surface area contributed by atoms with Gasteiger partial charge in [-0.1, -0.05) is 26.0 Å². The van der Waals surface area contributed by atoms with E-state index in [9.17, 15) is 13.2 Å². The third-order valence-corrected chi connectivity index (χ3v) is 4.52. The van der Waals surface area contributed by atoms with Crippen molar-refractivity contribution in [1.82, 2.24) is 15.6 Å². The predicted octanol–water partition coefficient (Wildman–Crippen LogP) is 5.08. The van der Waals surface area contributed by atoms with Crippen LogP contribution in [0, 0.1) is 0 Å². The Bertz CT molecular complexity index is 764. The molecule has 1 aromatic heterocycles.